The van der Waals surface area contributed by atoms with Crippen LogP contribution in [0.25, 0.3) is 16.7 Å². The van der Waals surface area contributed by atoms with Gasteiger partial charge in [0, 0.05) is 6.07 Å². The average molecular weight is 375 g/mol. The lowest BCUT2D eigenvalue weighted by Crippen LogP contribution is -2.21. The molecule has 0 aliphatic heterocycles. The highest BCUT2D eigenvalue weighted by Gasteiger charge is 2.19. The number of hydrogen-bond donors (Lipinski definition) is 0. The van der Waals surface area contributed by atoms with Gasteiger partial charge in [0.05, 0.1) is 17.7 Å². The highest BCUT2D eigenvalue weighted by Crippen LogP contribution is 2.24. The molecule has 28 heavy (non-hydrogen) atoms. The molecular formula is C20H17N5O3. The van der Waals surface area contributed by atoms with Crippen molar-refractivity contribution in [3.05, 3.63) is 92.1 Å². The van der Waals surface area contributed by atoms with Crippen molar-refractivity contribution in [3.63, 3.8) is 0 Å². The molecule has 2 aromatic carbocycles. The van der Waals surface area contributed by atoms with Crippen LogP contribution in [0.1, 0.15) is 16.7 Å². The van der Waals surface area contributed by atoms with E-state index in [9.17, 15) is 14.9 Å². The van der Waals surface area contributed by atoms with E-state index in [0.717, 1.165) is 16.7 Å². The fourth-order valence-corrected chi connectivity index (χ4v) is 3.39. The Morgan fingerprint density at radius 3 is 2.54 bits per heavy atom. The number of nitro groups is 1. The number of nitrogens with zero attached hydrogens (tertiary/aromatic N) is 5. The summed E-state index contributed by atoms with van der Waals surface area (Å²) < 4.78 is 2.85. The van der Waals surface area contributed by atoms with Gasteiger partial charge in [0.1, 0.15) is 17.4 Å². The molecule has 0 bridgehead atoms. The molecule has 0 radical (unpaired) electrons. The Bertz CT molecular complexity index is 1250. The number of fused-ring (bicyclic) bond motifs is 1. The number of aromatic nitrogens is 4. The summed E-state index contributed by atoms with van der Waals surface area (Å²) in [4.78, 5) is 28.1. The van der Waals surface area contributed by atoms with Crippen LogP contribution in [0.3, 0.4) is 0 Å². The molecule has 0 atom stereocenters. The number of benzene rings is 2. The van der Waals surface area contributed by atoms with E-state index in [1.165, 1.54) is 27.8 Å². The van der Waals surface area contributed by atoms with E-state index in [1.54, 1.807) is 18.2 Å². The number of aryl methyl sites for hydroxylation is 2. The van der Waals surface area contributed by atoms with Crippen molar-refractivity contribution in [1.82, 2.24) is 19.3 Å². The lowest BCUT2D eigenvalue weighted by atomic mass is 10.1. The number of rotatable bonds is 4. The second-order valence-electron chi connectivity index (χ2n) is 6.71. The van der Waals surface area contributed by atoms with Crippen molar-refractivity contribution in [2.24, 2.45) is 0 Å². The Labute approximate surface area is 159 Å². The summed E-state index contributed by atoms with van der Waals surface area (Å²) >= 11 is 0. The molecule has 0 spiro atoms. The summed E-state index contributed by atoms with van der Waals surface area (Å²) in [6, 6.07) is 12.4. The van der Waals surface area contributed by atoms with Gasteiger partial charge in [0.25, 0.3) is 11.2 Å². The van der Waals surface area contributed by atoms with Gasteiger partial charge in [-0.05, 0) is 25.5 Å². The second-order valence-corrected chi connectivity index (χ2v) is 6.71. The number of nitro benzene ring substituents is 1. The SMILES string of the molecule is Cc1cc(C)cc(Cn2cnc3c(cnn3-c3ccccc3[N+](=O)[O-])c2=O)c1. The van der Waals surface area contributed by atoms with Crippen molar-refractivity contribution in [2.75, 3.05) is 0 Å². The minimum atomic E-state index is -0.482. The Morgan fingerprint density at radius 1 is 1.11 bits per heavy atom. The topological polar surface area (TPSA) is 95.8 Å². The van der Waals surface area contributed by atoms with E-state index in [0.29, 0.717) is 11.9 Å². The predicted molar refractivity (Wildman–Crippen MR) is 105 cm³/mol. The van der Waals surface area contributed by atoms with Gasteiger partial charge < -0.3 is 0 Å². The minimum Gasteiger partial charge on any atom is -0.294 e. The Hall–Kier alpha value is -3.81. The van der Waals surface area contributed by atoms with Gasteiger partial charge in [0.2, 0.25) is 0 Å². The minimum absolute atomic E-state index is 0.103. The van der Waals surface area contributed by atoms with E-state index in [-0.39, 0.29) is 22.6 Å². The number of para-hydroxylation sites is 2. The molecule has 0 saturated carbocycles. The normalized spacial score (nSPS) is 11.1. The van der Waals surface area contributed by atoms with E-state index < -0.39 is 4.92 Å². The third-order valence-electron chi connectivity index (χ3n) is 4.50. The van der Waals surface area contributed by atoms with Gasteiger partial charge in [-0.1, -0.05) is 41.5 Å². The summed E-state index contributed by atoms with van der Waals surface area (Å²) in [5.74, 6) is 0. The van der Waals surface area contributed by atoms with Crippen LogP contribution in [-0.2, 0) is 6.54 Å². The summed E-state index contributed by atoms with van der Waals surface area (Å²) in [6.07, 6.45) is 2.86. The van der Waals surface area contributed by atoms with Gasteiger partial charge in [0.15, 0.2) is 5.65 Å². The zero-order chi connectivity index (χ0) is 19.8. The van der Waals surface area contributed by atoms with E-state index in [1.807, 2.05) is 26.0 Å². The van der Waals surface area contributed by atoms with E-state index in [2.05, 4.69) is 16.1 Å². The predicted octanol–water partition coefficient (Wildman–Crippen LogP) is 3.16. The highest BCUT2D eigenvalue weighted by molar-refractivity contribution is 5.76. The standard InChI is InChI=1S/C20H17N5O3/c1-13-7-14(2)9-15(8-13)11-23-12-21-19-16(20(23)26)10-22-24(19)17-5-3-4-6-18(17)25(27)28/h3-10,12H,11H2,1-2H3. The summed E-state index contributed by atoms with van der Waals surface area (Å²) in [5, 5.41) is 15.8. The second kappa shape index (κ2) is 6.73. The maximum Gasteiger partial charge on any atom is 0.294 e. The first kappa shape index (κ1) is 17.6. The molecule has 2 aromatic heterocycles. The van der Waals surface area contributed by atoms with Crippen LogP contribution >= 0.6 is 0 Å². The molecule has 0 fully saturated rings. The van der Waals surface area contributed by atoms with Gasteiger partial charge in [-0.3, -0.25) is 19.5 Å². The molecule has 0 amide bonds. The molecule has 0 aliphatic carbocycles. The molecule has 0 saturated heterocycles. The van der Waals surface area contributed by atoms with Gasteiger partial charge in [-0.15, -0.1) is 0 Å². The molecule has 4 aromatic rings. The van der Waals surface area contributed by atoms with E-state index in [4.69, 9.17) is 0 Å². The molecule has 0 N–H and O–H groups in total. The van der Waals surface area contributed by atoms with E-state index >= 15 is 0 Å². The Morgan fingerprint density at radius 2 is 1.82 bits per heavy atom. The van der Waals surface area contributed by atoms with Crippen LogP contribution in [0.15, 0.2) is 59.8 Å². The van der Waals surface area contributed by atoms with Crippen LogP contribution in [-0.4, -0.2) is 24.3 Å². The Kier molecular flexibility index (Phi) is 4.23. The average Bonchev–Trinajstić information content (AvgIpc) is 3.08. The number of hydrogen-bond acceptors (Lipinski definition) is 5. The summed E-state index contributed by atoms with van der Waals surface area (Å²) in [7, 11) is 0. The summed E-state index contributed by atoms with van der Waals surface area (Å²) in [5.41, 5.74) is 3.47. The molecule has 4 rings (SSSR count). The molecular weight excluding hydrogens is 358 g/mol. The van der Waals surface area contributed by atoms with Gasteiger partial charge in [-0.25, -0.2) is 9.67 Å². The van der Waals surface area contributed by atoms with Crippen molar-refractivity contribution in [3.8, 4) is 5.69 Å². The quantitative estimate of drug-likeness (QED) is 0.403. The molecule has 0 aliphatic rings. The van der Waals surface area contributed by atoms with Gasteiger partial charge in [-0.2, -0.15) is 5.10 Å². The molecule has 140 valence electrons. The van der Waals surface area contributed by atoms with Crippen molar-refractivity contribution >= 4 is 16.7 Å². The van der Waals surface area contributed by atoms with Crippen LogP contribution in [0.5, 0.6) is 0 Å². The molecule has 2 heterocycles. The fourth-order valence-electron chi connectivity index (χ4n) is 3.39. The molecule has 0 unspecified atom stereocenters. The van der Waals surface area contributed by atoms with Crippen LogP contribution in [0, 0.1) is 24.0 Å². The maximum absolute atomic E-state index is 12.9. The van der Waals surface area contributed by atoms with Crippen LogP contribution < -0.4 is 5.56 Å². The third-order valence-corrected chi connectivity index (χ3v) is 4.50. The zero-order valence-electron chi connectivity index (χ0n) is 15.4. The van der Waals surface area contributed by atoms with Crippen molar-refractivity contribution in [1.29, 1.82) is 0 Å². The van der Waals surface area contributed by atoms with Crippen molar-refractivity contribution in [2.45, 2.75) is 20.4 Å². The monoisotopic (exact) mass is 375 g/mol. The third kappa shape index (κ3) is 3.05. The van der Waals surface area contributed by atoms with Crippen molar-refractivity contribution < 1.29 is 4.92 Å². The first-order valence-corrected chi connectivity index (χ1v) is 8.68. The maximum atomic E-state index is 12.9. The zero-order valence-corrected chi connectivity index (χ0v) is 15.4. The Balaban J connectivity index is 1.81. The van der Waals surface area contributed by atoms with Gasteiger partial charge >= 0.3 is 0 Å². The fraction of sp³-hybridized carbons (Fsp3) is 0.150. The van der Waals surface area contributed by atoms with Crippen LogP contribution in [0.2, 0.25) is 0 Å². The van der Waals surface area contributed by atoms with Crippen LogP contribution in [0.4, 0.5) is 5.69 Å². The lowest BCUT2D eigenvalue weighted by Gasteiger charge is -2.08. The molecule has 8 nitrogen and oxygen atoms in total. The molecule has 8 heteroatoms. The first-order chi connectivity index (χ1) is 13.4. The lowest BCUT2D eigenvalue weighted by molar-refractivity contribution is -0.384. The highest BCUT2D eigenvalue weighted by atomic mass is 16.6. The summed E-state index contributed by atoms with van der Waals surface area (Å²) in [6.45, 7) is 4.41. The largest absolute Gasteiger partial charge is 0.294 e. The smallest absolute Gasteiger partial charge is 0.294 e. The first-order valence-electron chi connectivity index (χ1n) is 8.68.